The molecule has 92 valence electrons. The molecule has 17 heavy (non-hydrogen) atoms. The van der Waals surface area contributed by atoms with Gasteiger partial charge in [-0.15, -0.1) is 0 Å². The number of hydrogen-bond acceptors (Lipinski definition) is 4. The number of aliphatic hydroxyl groups excluding tert-OH is 1. The van der Waals surface area contributed by atoms with E-state index < -0.39 is 17.9 Å². The van der Waals surface area contributed by atoms with Crippen molar-refractivity contribution in [1.29, 1.82) is 0 Å². The fourth-order valence-electron chi connectivity index (χ4n) is 1.05. The van der Waals surface area contributed by atoms with Gasteiger partial charge in [-0.05, 0) is 31.2 Å². The minimum atomic E-state index is -0.823. The van der Waals surface area contributed by atoms with E-state index in [-0.39, 0.29) is 12.3 Å². The molecule has 0 saturated heterocycles. The molecule has 1 aromatic rings. The number of hydrogen-bond donors (Lipinski definition) is 4. The molecule has 1 rings (SSSR count). The normalized spacial score (nSPS) is 11.6. The zero-order valence-electron chi connectivity index (χ0n) is 9.30. The Hall–Kier alpha value is -2.08. The predicted octanol–water partition coefficient (Wildman–Crippen LogP) is -0.172. The first-order valence-electron chi connectivity index (χ1n) is 5.05. The van der Waals surface area contributed by atoms with Crippen molar-refractivity contribution >= 4 is 17.5 Å². The smallest absolute Gasteiger partial charge is 0.313 e. The highest BCUT2D eigenvalue weighted by Gasteiger charge is 2.13. The third-order valence-electron chi connectivity index (χ3n) is 1.89. The molecule has 0 saturated carbocycles. The Labute approximate surface area is 98.3 Å². The minimum Gasteiger partial charge on any atom is -0.508 e. The fourth-order valence-corrected chi connectivity index (χ4v) is 1.05. The molecule has 0 aliphatic heterocycles. The van der Waals surface area contributed by atoms with Crippen LogP contribution in [0.3, 0.4) is 0 Å². The summed E-state index contributed by atoms with van der Waals surface area (Å²) < 4.78 is 0. The molecule has 4 N–H and O–H groups in total. The number of benzene rings is 1. The number of phenols is 1. The van der Waals surface area contributed by atoms with Crippen LogP contribution in [0.2, 0.25) is 0 Å². The monoisotopic (exact) mass is 238 g/mol. The van der Waals surface area contributed by atoms with Gasteiger partial charge in [0.25, 0.3) is 0 Å². The summed E-state index contributed by atoms with van der Waals surface area (Å²) in [4.78, 5) is 22.6. The summed E-state index contributed by atoms with van der Waals surface area (Å²) in [7, 11) is 0. The van der Waals surface area contributed by atoms with Crippen molar-refractivity contribution in [2.24, 2.45) is 0 Å². The highest BCUT2D eigenvalue weighted by molar-refractivity contribution is 6.39. The van der Waals surface area contributed by atoms with Gasteiger partial charge in [-0.25, -0.2) is 0 Å². The molecule has 0 unspecified atom stereocenters. The summed E-state index contributed by atoms with van der Waals surface area (Å²) in [6.07, 6.45) is -0.708. The summed E-state index contributed by atoms with van der Waals surface area (Å²) >= 11 is 0. The second kappa shape index (κ2) is 5.86. The van der Waals surface area contributed by atoms with Crippen LogP contribution in [0.25, 0.3) is 0 Å². The molecule has 6 nitrogen and oxygen atoms in total. The van der Waals surface area contributed by atoms with Gasteiger partial charge in [-0.2, -0.15) is 0 Å². The Morgan fingerprint density at radius 3 is 2.35 bits per heavy atom. The Kier molecular flexibility index (Phi) is 4.47. The van der Waals surface area contributed by atoms with Crippen LogP contribution >= 0.6 is 0 Å². The number of amides is 2. The SMILES string of the molecule is C[C@@H](O)CNC(=O)C(=O)Nc1ccc(O)cc1. The molecule has 1 atom stereocenters. The van der Waals surface area contributed by atoms with Crippen LogP contribution in [0.1, 0.15) is 6.92 Å². The lowest BCUT2D eigenvalue weighted by Gasteiger charge is -2.07. The number of nitrogens with one attached hydrogen (secondary N) is 2. The summed E-state index contributed by atoms with van der Waals surface area (Å²) in [5, 5.41) is 22.6. The third kappa shape index (κ3) is 4.52. The maximum absolute atomic E-state index is 11.3. The van der Waals surface area contributed by atoms with E-state index in [1.54, 1.807) is 0 Å². The standard InChI is InChI=1S/C11H14N2O4/c1-7(14)6-12-10(16)11(17)13-8-2-4-9(15)5-3-8/h2-5,7,14-15H,6H2,1H3,(H,12,16)(H,13,17)/t7-/m1/s1. The van der Waals surface area contributed by atoms with Crippen LogP contribution in [0.4, 0.5) is 5.69 Å². The first-order chi connectivity index (χ1) is 7.99. The summed E-state index contributed by atoms with van der Waals surface area (Å²) in [6, 6.07) is 5.72. The minimum absolute atomic E-state index is 0.0157. The average Bonchev–Trinajstić information content (AvgIpc) is 2.28. The van der Waals surface area contributed by atoms with E-state index in [0.717, 1.165) is 0 Å². The molecule has 1 aromatic carbocycles. The lowest BCUT2D eigenvalue weighted by Crippen LogP contribution is -2.38. The summed E-state index contributed by atoms with van der Waals surface area (Å²) in [5.41, 5.74) is 0.403. The Balaban J connectivity index is 2.48. The van der Waals surface area contributed by atoms with Crippen molar-refractivity contribution in [2.45, 2.75) is 13.0 Å². The van der Waals surface area contributed by atoms with Gasteiger partial charge in [0.05, 0.1) is 6.10 Å². The number of carbonyl (C=O) groups is 2. The molecule has 0 fully saturated rings. The van der Waals surface area contributed by atoms with Crippen LogP contribution < -0.4 is 10.6 Å². The number of phenolic OH excluding ortho intramolecular Hbond substituents is 1. The van der Waals surface area contributed by atoms with Crippen LogP contribution in [0, 0.1) is 0 Å². The molecule has 0 aliphatic rings. The van der Waals surface area contributed by atoms with E-state index >= 15 is 0 Å². The van der Waals surface area contributed by atoms with Gasteiger partial charge < -0.3 is 20.8 Å². The first kappa shape index (κ1) is 13.0. The molecule has 0 bridgehead atoms. The molecular formula is C11H14N2O4. The second-order valence-corrected chi connectivity index (χ2v) is 3.56. The van der Waals surface area contributed by atoms with Crippen LogP contribution in [-0.2, 0) is 9.59 Å². The van der Waals surface area contributed by atoms with Gasteiger partial charge in [0.15, 0.2) is 0 Å². The van der Waals surface area contributed by atoms with E-state index in [1.807, 2.05) is 0 Å². The zero-order chi connectivity index (χ0) is 12.8. The van der Waals surface area contributed by atoms with Crippen LogP contribution in [-0.4, -0.2) is 34.7 Å². The summed E-state index contributed by atoms with van der Waals surface area (Å²) in [5.74, 6) is -1.57. The number of aromatic hydroxyl groups is 1. The number of rotatable bonds is 3. The van der Waals surface area contributed by atoms with Crippen molar-refractivity contribution in [3.8, 4) is 5.75 Å². The maximum atomic E-state index is 11.3. The highest BCUT2D eigenvalue weighted by Crippen LogP contribution is 2.13. The van der Waals surface area contributed by atoms with E-state index in [1.165, 1.54) is 31.2 Å². The van der Waals surface area contributed by atoms with Crippen LogP contribution in [0.15, 0.2) is 24.3 Å². The molecule has 6 heteroatoms. The van der Waals surface area contributed by atoms with Gasteiger partial charge in [-0.3, -0.25) is 9.59 Å². The fraction of sp³-hybridized carbons (Fsp3) is 0.273. The van der Waals surface area contributed by atoms with Gasteiger partial charge in [0.2, 0.25) is 0 Å². The Morgan fingerprint density at radius 1 is 1.24 bits per heavy atom. The number of carbonyl (C=O) groups excluding carboxylic acids is 2. The third-order valence-corrected chi connectivity index (χ3v) is 1.89. The second-order valence-electron chi connectivity index (χ2n) is 3.56. The maximum Gasteiger partial charge on any atom is 0.313 e. The number of anilines is 1. The van der Waals surface area contributed by atoms with Crippen molar-refractivity contribution < 1.29 is 19.8 Å². The first-order valence-corrected chi connectivity index (χ1v) is 5.05. The molecule has 0 heterocycles. The predicted molar refractivity (Wildman–Crippen MR) is 61.4 cm³/mol. The van der Waals surface area contributed by atoms with Gasteiger partial charge in [-0.1, -0.05) is 0 Å². The zero-order valence-corrected chi connectivity index (χ0v) is 9.30. The van der Waals surface area contributed by atoms with E-state index in [2.05, 4.69) is 10.6 Å². The lowest BCUT2D eigenvalue weighted by atomic mass is 10.3. The highest BCUT2D eigenvalue weighted by atomic mass is 16.3. The van der Waals surface area contributed by atoms with Crippen molar-refractivity contribution in [2.75, 3.05) is 11.9 Å². The Bertz CT molecular complexity index is 400. The van der Waals surface area contributed by atoms with E-state index in [0.29, 0.717) is 5.69 Å². The van der Waals surface area contributed by atoms with Gasteiger partial charge in [0, 0.05) is 12.2 Å². The van der Waals surface area contributed by atoms with Crippen molar-refractivity contribution in [1.82, 2.24) is 5.32 Å². The molecule has 0 aromatic heterocycles. The molecule has 0 spiro atoms. The van der Waals surface area contributed by atoms with E-state index in [4.69, 9.17) is 10.2 Å². The molecule has 0 radical (unpaired) electrons. The van der Waals surface area contributed by atoms with Crippen molar-refractivity contribution in [3.63, 3.8) is 0 Å². The quantitative estimate of drug-likeness (QED) is 0.434. The van der Waals surface area contributed by atoms with Crippen molar-refractivity contribution in [3.05, 3.63) is 24.3 Å². The van der Waals surface area contributed by atoms with Gasteiger partial charge in [0.1, 0.15) is 5.75 Å². The average molecular weight is 238 g/mol. The summed E-state index contributed by atoms with van der Waals surface area (Å²) in [6.45, 7) is 1.51. The largest absolute Gasteiger partial charge is 0.508 e. The molecular weight excluding hydrogens is 224 g/mol. The Morgan fingerprint density at radius 2 is 1.82 bits per heavy atom. The van der Waals surface area contributed by atoms with Gasteiger partial charge >= 0.3 is 11.8 Å². The number of aliphatic hydroxyl groups is 1. The molecule has 2 amide bonds. The molecule has 0 aliphatic carbocycles. The van der Waals surface area contributed by atoms with E-state index in [9.17, 15) is 9.59 Å². The lowest BCUT2D eigenvalue weighted by molar-refractivity contribution is -0.136. The topological polar surface area (TPSA) is 98.7 Å². The van der Waals surface area contributed by atoms with Crippen LogP contribution in [0.5, 0.6) is 5.75 Å².